The lowest BCUT2D eigenvalue weighted by Gasteiger charge is -2.04. The van der Waals surface area contributed by atoms with Gasteiger partial charge in [-0.15, -0.1) is 11.8 Å². The second-order valence-electron chi connectivity index (χ2n) is 4.95. The molecule has 2 N–H and O–H groups in total. The monoisotopic (exact) mass is 330 g/mol. The number of aromatic amines is 1. The van der Waals surface area contributed by atoms with E-state index in [2.05, 4.69) is 22.4 Å². The predicted molar refractivity (Wildman–Crippen MR) is 92.7 cm³/mol. The fourth-order valence-electron chi connectivity index (χ4n) is 2.25. The summed E-state index contributed by atoms with van der Waals surface area (Å²) in [5.41, 5.74) is 2.52. The van der Waals surface area contributed by atoms with E-state index in [1.807, 2.05) is 36.6 Å². The van der Waals surface area contributed by atoms with Crippen molar-refractivity contribution in [1.82, 2.24) is 10.3 Å². The topological polar surface area (TPSA) is 44.9 Å². The van der Waals surface area contributed by atoms with Crippen LogP contribution in [0, 0.1) is 0 Å². The second-order valence-corrected chi connectivity index (χ2v) is 6.26. The van der Waals surface area contributed by atoms with Crippen LogP contribution in [0.4, 0.5) is 0 Å². The van der Waals surface area contributed by atoms with Gasteiger partial charge in [0.2, 0.25) is 0 Å². The van der Waals surface area contributed by atoms with E-state index in [1.165, 1.54) is 4.90 Å². The summed E-state index contributed by atoms with van der Waals surface area (Å²) in [6.07, 6.45) is 2.04. The van der Waals surface area contributed by atoms with Crippen LogP contribution in [0.2, 0.25) is 5.02 Å². The van der Waals surface area contributed by atoms with Crippen molar-refractivity contribution in [2.75, 3.05) is 6.26 Å². The molecule has 1 aromatic heterocycles. The van der Waals surface area contributed by atoms with Crippen LogP contribution < -0.4 is 5.32 Å². The molecule has 0 fully saturated rings. The van der Waals surface area contributed by atoms with Gasteiger partial charge in [0, 0.05) is 27.4 Å². The smallest absolute Gasteiger partial charge is 0.267 e. The van der Waals surface area contributed by atoms with Crippen LogP contribution in [0.5, 0.6) is 0 Å². The molecule has 0 saturated carbocycles. The van der Waals surface area contributed by atoms with E-state index in [9.17, 15) is 4.79 Å². The van der Waals surface area contributed by atoms with E-state index in [-0.39, 0.29) is 5.91 Å². The summed E-state index contributed by atoms with van der Waals surface area (Å²) >= 11 is 7.66. The summed E-state index contributed by atoms with van der Waals surface area (Å²) in [5.74, 6) is -0.124. The number of amides is 1. The van der Waals surface area contributed by atoms with Gasteiger partial charge in [0.1, 0.15) is 5.69 Å². The Kier molecular flexibility index (Phi) is 4.41. The van der Waals surface area contributed by atoms with Gasteiger partial charge in [0.15, 0.2) is 0 Å². The zero-order valence-corrected chi connectivity index (χ0v) is 13.6. The van der Waals surface area contributed by atoms with Gasteiger partial charge < -0.3 is 10.3 Å². The van der Waals surface area contributed by atoms with Crippen LogP contribution >= 0.6 is 23.4 Å². The number of benzene rings is 2. The van der Waals surface area contributed by atoms with Gasteiger partial charge in [-0.1, -0.05) is 23.7 Å². The fourth-order valence-corrected chi connectivity index (χ4v) is 2.84. The van der Waals surface area contributed by atoms with Crippen LogP contribution in [0.3, 0.4) is 0 Å². The number of nitrogens with one attached hydrogen (secondary N) is 2. The molecule has 5 heteroatoms. The molecule has 3 nitrogen and oxygen atoms in total. The van der Waals surface area contributed by atoms with Crippen molar-refractivity contribution in [3.05, 3.63) is 64.8 Å². The average molecular weight is 331 g/mol. The zero-order valence-electron chi connectivity index (χ0n) is 12.0. The molecule has 1 heterocycles. The maximum absolute atomic E-state index is 12.2. The standard InChI is InChI=1S/C17H15ClN2OS/c1-22-14-5-2-11(3-6-14)10-19-17(21)16-9-12-8-13(18)4-7-15(12)20-16/h2-9,20H,10H2,1H3,(H,19,21). The van der Waals surface area contributed by atoms with Crippen molar-refractivity contribution < 1.29 is 4.79 Å². The number of H-pyrrole nitrogens is 1. The molecule has 0 saturated heterocycles. The lowest BCUT2D eigenvalue weighted by Crippen LogP contribution is -2.22. The Morgan fingerprint density at radius 3 is 2.68 bits per heavy atom. The average Bonchev–Trinajstić information content (AvgIpc) is 2.96. The van der Waals surface area contributed by atoms with Crippen LogP contribution in [0.25, 0.3) is 10.9 Å². The van der Waals surface area contributed by atoms with Gasteiger partial charge in [-0.2, -0.15) is 0 Å². The zero-order chi connectivity index (χ0) is 15.5. The van der Waals surface area contributed by atoms with Gasteiger partial charge in [-0.3, -0.25) is 4.79 Å². The molecule has 3 aromatic rings. The van der Waals surface area contributed by atoms with Crippen molar-refractivity contribution in [2.45, 2.75) is 11.4 Å². The number of aromatic nitrogens is 1. The predicted octanol–water partition coefficient (Wildman–Crippen LogP) is 4.47. The Morgan fingerprint density at radius 2 is 1.95 bits per heavy atom. The number of carbonyl (C=O) groups excluding carboxylic acids is 1. The van der Waals surface area contributed by atoms with Gasteiger partial charge in [-0.25, -0.2) is 0 Å². The molecule has 112 valence electrons. The lowest BCUT2D eigenvalue weighted by molar-refractivity contribution is 0.0947. The number of rotatable bonds is 4. The molecule has 0 aliphatic carbocycles. The fraction of sp³-hybridized carbons (Fsp3) is 0.118. The van der Waals surface area contributed by atoms with E-state index in [0.717, 1.165) is 16.5 Å². The summed E-state index contributed by atoms with van der Waals surface area (Å²) < 4.78 is 0. The van der Waals surface area contributed by atoms with Crippen LogP contribution in [-0.2, 0) is 6.54 Å². The first-order chi connectivity index (χ1) is 10.7. The number of carbonyl (C=O) groups is 1. The molecular weight excluding hydrogens is 316 g/mol. The molecule has 0 atom stereocenters. The minimum absolute atomic E-state index is 0.124. The number of thioether (sulfide) groups is 1. The SMILES string of the molecule is CSc1ccc(CNC(=O)c2cc3cc(Cl)ccc3[nH]2)cc1. The van der Waals surface area contributed by atoms with E-state index < -0.39 is 0 Å². The number of hydrogen-bond acceptors (Lipinski definition) is 2. The highest BCUT2D eigenvalue weighted by Gasteiger charge is 2.09. The van der Waals surface area contributed by atoms with Crippen molar-refractivity contribution in [1.29, 1.82) is 0 Å². The maximum Gasteiger partial charge on any atom is 0.267 e. The van der Waals surface area contributed by atoms with Gasteiger partial charge >= 0.3 is 0 Å². The van der Waals surface area contributed by atoms with Crippen LogP contribution in [-0.4, -0.2) is 17.1 Å². The van der Waals surface area contributed by atoms with Gasteiger partial charge in [-0.05, 0) is 48.2 Å². The minimum atomic E-state index is -0.124. The third-order valence-corrected chi connectivity index (χ3v) is 4.42. The largest absolute Gasteiger partial charge is 0.351 e. The third kappa shape index (κ3) is 3.29. The van der Waals surface area contributed by atoms with Crippen LogP contribution in [0.1, 0.15) is 16.1 Å². The number of halogens is 1. The molecular formula is C17H15ClN2OS. The van der Waals surface area contributed by atoms with Crippen LogP contribution in [0.15, 0.2) is 53.4 Å². The number of hydrogen-bond donors (Lipinski definition) is 2. The molecule has 0 bridgehead atoms. The van der Waals surface area contributed by atoms with Crippen molar-refractivity contribution in [3.8, 4) is 0 Å². The molecule has 1 amide bonds. The first kappa shape index (κ1) is 15.0. The maximum atomic E-state index is 12.2. The quantitative estimate of drug-likeness (QED) is 0.693. The molecule has 0 radical (unpaired) electrons. The molecule has 0 aliphatic heterocycles. The van der Waals surface area contributed by atoms with E-state index in [0.29, 0.717) is 17.3 Å². The summed E-state index contributed by atoms with van der Waals surface area (Å²) in [4.78, 5) is 16.5. The van der Waals surface area contributed by atoms with Gasteiger partial charge in [0.25, 0.3) is 5.91 Å². The second kappa shape index (κ2) is 6.46. The molecule has 2 aromatic carbocycles. The first-order valence-electron chi connectivity index (χ1n) is 6.85. The Bertz CT molecular complexity index is 811. The highest BCUT2D eigenvalue weighted by molar-refractivity contribution is 7.98. The van der Waals surface area contributed by atoms with Gasteiger partial charge in [0.05, 0.1) is 0 Å². The van der Waals surface area contributed by atoms with E-state index >= 15 is 0 Å². The molecule has 22 heavy (non-hydrogen) atoms. The highest BCUT2D eigenvalue weighted by atomic mass is 35.5. The minimum Gasteiger partial charge on any atom is -0.351 e. The first-order valence-corrected chi connectivity index (χ1v) is 8.45. The summed E-state index contributed by atoms with van der Waals surface area (Å²) in [6, 6.07) is 15.5. The summed E-state index contributed by atoms with van der Waals surface area (Å²) in [7, 11) is 0. The van der Waals surface area contributed by atoms with E-state index in [1.54, 1.807) is 17.8 Å². The Hall–Kier alpha value is -1.91. The van der Waals surface area contributed by atoms with Crippen molar-refractivity contribution in [3.63, 3.8) is 0 Å². The van der Waals surface area contributed by atoms with Crippen molar-refractivity contribution >= 4 is 40.2 Å². The molecule has 0 spiro atoms. The molecule has 0 unspecified atom stereocenters. The molecule has 3 rings (SSSR count). The molecule has 0 aliphatic rings. The Morgan fingerprint density at radius 1 is 1.18 bits per heavy atom. The Balaban J connectivity index is 1.69. The third-order valence-electron chi connectivity index (χ3n) is 3.44. The summed E-state index contributed by atoms with van der Waals surface area (Å²) in [5, 5.41) is 4.51. The highest BCUT2D eigenvalue weighted by Crippen LogP contribution is 2.20. The normalized spacial score (nSPS) is 10.8. The van der Waals surface area contributed by atoms with Crippen molar-refractivity contribution in [2.24, 2.45) is 0 Å². The lowest BCUT2D eigenvalue weighted by atomic mass is 10.2. The van der Waals surface area contributed by atoms with E-state index in [4.69, 9.17) is 11.6 Å². The summed E-state index contributed by atoms with van der Waals surface area (Å²) in [6.45, 7) is 0.504. The number of fused-ring (bicyclic) bond motifs is 1. The Labute approximate surface area is 138 Å².